The van der Waals surface area contributed by atoms with Gasteiger partial charge in [-0.2, -0.15) is 11.0 Å². The van der Waals surface area contributed by atoms with Gasteiger partial charge in [0, 0.05) is 24.3 Å². The van der Waals surface area contributed by atoms with Gasteiger partial charge in [-0.25, -0.2) is 8.42 Å². The topological polar surface area (TPSA) is 69.4 Å². The van der Waals surface area contributed by atoms with Gasteiger partial charge in [0.1, 0.15) is 12.3 Å². The van der Waals surface area contributed by atoms with Gasteiger partial charge in [-0.05, 0) is 62.1 Å². The molecule has 0 aliphatic carbocycles. The standard InChI is InChI=1S/C23H31NO4S.2Na/c1-5-6-13-24-17(2)23(3,4)22-20-16-19(11-9-18(20)10-12-21(22)24)28-14-7-8-15-29(25,26)27;;/h9-12,16H,1,5-8,13-15H2,2-4H3,(H,25,26,27);;/q;2*+1/p-1. The second kappa shape index (κ2) is 12.0. The second-order valence-corrected chi connectivity index (χ2v) is 9.75. The molecular weight excluding hydrogens is 432 g/mol. The molecule has 1 aliphatic rings. The predicted molar refractivity (Wildman–Crippen MR) is 116 cm³/mol. The summed E-state index contributed by atoms with van der Waals surface area (Å²) in [6, 6.07) is 10.5. The first-order chi connectivity index (χ1) is 13.6. The molecule has 31 heavy (non-hydrogen) atoms. The molecule has 5 nitrogen and oxygen atoms in total. The number of rotatable bonds is 9. The molecule has 0 saturated carbocycles. The van der Waals surface area contributed by atoms with E-state index in [0.29, 0.717) is 19.4 Å². The first kappa shape index (κ1) is 29.1. The summed E-state index contributed by atoms with van der Waals surface area (Å²) in [5, 5.41) is 2.36. The van der Waals surface area contributed by atoms with Crippen molar-refractivity contribution in [3.63, 3.8) is 0 Å². The molecule has 0 fully saturated rings. The molecule has 0 spiro atoms. The fourth-order valence-electron chi connectivity index (χ4n) is 4.09. The normalized spacial score (nSPS) is 14.7. The predicted octanol–water partition coefficient (Wildman–Crippen LogP) is -1.44. The van der Waals surface area contributed by atoms with Crippen LogP contribution in [0.2, 0.25) is 0 Å². The average Bonchev–Trinajstić information content (AvgIpc) is 2.85. The van der Waals surface area contributed by atoms with Crippen LogP contribution < -0.4 is 63.9 Å². The number of benzene rings is 2. The summed E-state index contributed by atoms with van der Waals surface area (Å²) in [6.45, 7) is 12.1. The summed E-state index contributed by atoms with van der Waals surface area (Å²) in [7, 11) is -4.15. The van der Waals surface area contributed by atoms with E-state index in [1.807, 2.05) is 6.07 Å². The van der Waals surface area contributed by atoms with Gasteiger partial charge < -0.3 is 16.2 Å². The van der Waals surface area contributed by atoms with E-state index in [-0.39, 0.29) is 70.3 Å². The van der Waals surface area contributed by atoms with Crippen molar-refractivity contribution in [2.75, 3.05) is 18.9 Å². The molecule has 0 saturated heterocycles. The van der Waals surface area contributed by atoms with Crippen molar-refractivity contribution in [1.82, 2.24) is 0 Å². The van der Waals surface area contributed by atoms with E-state index in [4.69, 9.17) is 4.74 Å². The Balaban J connectivity index is 0.00000240. The summed E-state index contributed by atoms with van der Waals surface area (Å²) >= 11 is 0. The Bertz CT molecular complexity index is 1050. The Hall–Kier alpha value is 0.0800. The van der Waals surface area contributed by atoms with Crippen LogP contribution in [-0.2, 0) is 15.5 Å². The largest absolute Gasteiger partial charge is 1.00 e. The van der Waals surface area contributed by atoms with E-state index in [0.717, 1.165) is 25.1 Å². The van der Waals surface area contributed by atoms with Crippen LogP contribution in [0.1, 0.15) is 52.0 Å². The van der Waals surface area contributed by atoms with Crippen molar-refractivity contribution in [2.24, 2.45) is 0 Å². The fourth-order valence-corrected chi connectivity index (χ4v) is 4.64. The summed E-state index contributed by atoms with van der Waals surface area (Å²) in [4.78, 5) is 0. The first-order valence-corrected chi connectivity index (χ1v) is 11.8. The maximum atomic E-state index is 10.7. The van der Waals surface area contributed by atoms with Crippen LogP contribution in [0.4, 0.5) is 5.69 Å². The number of hydrogen-bond acceptors (Lipinski definition) is 4. The van der Waals surface area contributed by atoms with Crippen LogP contribution in [-0.4, -0.2) is 42.2 Å². The van der Waals surface area contributed by atoms with Crippen molar-refractivity contribution in [3.05, 3.63) is 42.8 Å². The van der Waals surface area contributed by atoms with Crippen LogP contribution in [0.15, 0.2) is 30.3 Å². The maximum absolute atomic E-state index is 10.7. The van der Waals surface area contributed by atoms with Crippen LogP contribution in [0.3, 0.4) is 0 Å². The third-order valence-electron chi connectivity index (χ3n) is 5.89. The fraction of sp³-hybridized carbons (Fsp3) is 0.478. The molecule has 0 amide bonds. The van der Waals surface area contributed by atoms with Crippen molar-refractivity contribution in [1.29, 1.82) is 0 Å². The zero-order valence-corrected chi connectivity index (χ0v) is 24.3. The number of unbranched alkanes of at least 4 members (excludes halogenated alkanes) is 2. The van der Waals surface area contributed by atoms with Gasteiger partial charge in [0.2, 0.25) is 5.69 Å². The van der Waals surface area contributed by atoms with Gasteiger partial charge in [-0.1, -0.05) is 6.07 Å². The third-order valence-corrected chi connectivity index (χ3v) is 6.67. The van der Waals surface area contributed by atoms with E-state index in [1.54, 1.807) is 0 Å². The molecule has 1 aliphatic heterocycles. The Kier molecular flexibility index (Phi) is 11.3. The van der Waals surface area contributed by atoms with Crippen molar-refractivity contribution < 1.29 is 81.4 Å². The maximum Gasteiger partial charge on any atom is 1.00 e. The quantitative estimate of drug-likeness (QED) is 0.151. The van der Waals surface area contributed by atoms with Gasteiger partial charge in [0.05, 0.1) is 22.1 Å². The minimum absolute atomic E-state index is 0. The van der Waals surface area contributed by atoms with Crippen molar-refractivity contribution in [2.45, 2.75) is 51.9 Å². The zero-order chi connectivity index (χ0) is 21.2. The number of nitrogens with zero attached hydrogens (tertiary/aromatic N) is 1. The molecule has 1 heterocycles. The third kappa shape index (κ3) is 6.80. The van der Waals surface area contributed by atoms with Gasteiger partial charge >= 0.3 is 59.1 Å². The molecular formula is C23H30NNa2O4S+. The monoisotopic (exact) mass is 462 g/mol. The molecule has 3 rings (SSSR count). The first-order valence-electron chi connectivity index (χ1n) is 10.2. The number of hydrogen-bond donors (Lipinski definition) is 0. The Morgan fingerprint density at radius 2 is 1.77 bits per heavy atom. The molecule has 0 aromatic heterocycles. The van der Waals surface area contributed by atoms with E-state index >= 15 is 0 Å². The van der Waals surface area contributed by atoms with Crippen LogP contribution in [0.5, 0.6) is 5.75 Å². The van der Waals surface area contributed by atoms with Gasteiger partial charge in [0.25, 0.3) is 0 Å². The number of fused-ring (bicyclic) bond motifs is 3. The molecule has 0 bridgehead atoms. The molecule has 158 valence electrons. The molecule has 0 radical (unpaired) electrons. The molecule has 2 aromatic rings. The van der Waals surface area contributed by atoms with Crippen molar-refractivity contribution >= 4 is 32.3 Å². The van der Waals surface area contributed by atoms with Crippen LogP contribution in [0, 0.1) is 6.92 Å². The van der Waals surface area contributed by atoms with E-state index in [1.165, 1.54) is 27.7 Å². The van der Waals surface area contributed by atoms with E-state index in [9.17, 15) is 13.0 Å². The van der Waals surface area contributed by atoms with E-state index < -0.39 is 10.1 Å². The molecule has 0 unspecified atom stereocenters. The van der Waals surface area contributed by atoms with Gasteiger partial charge in [-0.15, -0.1) is 0 Å². The molecule has 0 atom stereocenters. The summed E-state index contributed by atoms with van der Waals surface area (Å²) in [5.41, 5.74) is 3.85. The summed E-state index contributed by atoms with van der Waals surface area (Å²) < 4.78 is 40.3. The molecule has 0 N–H and O–H groups in total. The summed E-state index contributed by atoms with van der Waals surface area (Å²) in [6.07, 6.45) is 2.81. The van der Waals surface area contributed by atoms with Gasteiger partial charge in [0.15, 0.2) is 5.71 Å². The minimum atomic E-state index is -4.15. The van der Waals surface area contributed by atoms with Crippen LogP contribution >= 0.6 is 0 Å². The minimum Gasteiger partial charge on any atom is -0.748 e. The Labute approximate surface area is 231 Å². The average molecular weight is 463 g/mol. The SMILES string of the molecule is [CH2-]CCC[N+]1=C(C)C(C)(C)c2c1ccc1ccc(OCCCCS(=O)(=O)[O-])cc21.[Na+].[Na+]. The van der Waals surface area contributed by atoms with Crippen molar-refractivity contribution in [3.8, 4) is 5.75 Å². The van der Waals surface area contributed by atoms with Crippen LogP contribution in [0.25, 0.3) is 10.8 Å². The van der Waals surface area contributed by atoms with Gasteiger partial charge in [-0.3, -0.25) is 0 Å². The smallest absolute Gasteiger partial charge is 0.748 e. The summed E-state index contributed by atoms with van der Waals surface area (Å²) in [5.74, 6) is 0.425. The Morgan fingerprint density at radius 1 is 1.10 bits per heavy atom. The zero-order valence-electron chi connectivity index (χ0n) is 19.5. The molecule has 8 heteroatoms. The second-order valence-electron chi connectivity index (χ2n) is 8.23. The number of ether oxygens (including phenoxy) is 1. The Morgan fingerprint density at radius 3 is 2.42 bits per heavy atom. The van der Waals surface area contributed by atoms with E-state index in [2.05, 4.69) is 56.5 Å². The molecule has 2 aromatic carbocycles.